The maximum atomic E-state index is 3.42. The molecule has 0 saturated carbocycles. The SMILES string of the molecule is CC(c1ccccc1)N1CCC2(CNC2)C1. The lowest BCUT2D eigenvalue weighted by atomic mass is 9.81. The van der Waals surface area contributed by atoms with E-state index in [1.54, 1.807) is 0 Å². The molecule has 1 N–H and O–H groups in total. The van der Waals surface area contributed by atoms with Crippen molar-refractivity contribution >= 4 is 0 Å². The second-order valence-electron chi connectivity index (χ2n) is 5.41. The highest BCUT2D eigenvalue weighted by Crippen LogP contribution is 2.37. The lowest BCUT2D eigenvalue weighted by molar-refractivity contribution is 0.153. The fourth-order valence-electron chi connectivity index (χ4n) is 3.01. The highest BCUT2D eigenvalue weighted by atomic mass is 15.2. The minimum Gasteiger partial charge on any atom is -0.315 e. The summed E-state index contributed by atoms with van der Waals surface area (Å²) in [6, 6.07) is 11.4. The first-order chi connectivity index (χ1) is 7.79. The first kappa shape index (κ1) is 10.3. The number of hydrogen-bond donors (Lipinski definition) is 1. The molecule has 1 aromatic carbocycles. The molecule has 2 aliphatic rings. The summed E-state index contributed by atoms with van der Waals surface area (Å²) >= 11 is 0. The fraction of sp³-hybridized carbons (Fsp3) is 0.571. The molecule has 1 unspecified atom stereocenters. The molecule has 2 aliphatic heterocycles. The molecule has 1 aromatic rings. The van der Waals surface area contributed by atoms with Crippen LogP contribution in [0.1, 0.15) is 24.9 Å². The Bertz CT molecular complexity index is 356. The van der Waals surface area contributed by atoms with E-state index in [1.165, 1.54) is 38.2 Å². The lowest BCUT2D eigenvalue weighted by Crippen LogP contribution is -2.54. The van der Waals surface area contributed by atoms with Gasteiger partial charge in [-0.2, -0.15) is 0 Å². The zero-order chi connectivity index (χ0) is 11.0. The summed E-state index contributed by atoms with van der Waals surface area (Å²) in [7, 11) is 0. The second-order valence-corrected chi connectivity index (χ2v) is 5.41. The van der Waals surface area contributed by atoms with Crippen molar-refractivity contribution in [2.75, 3.05) is 26.2 Å². The molecule has 0 amide bonds. The van der Waals surface area contributed by atoms with E-state index in [4.69, 9.17) is 0 Å². The molecule has 2 heterocycles. The van der Waals surface area contributed by atoms with Gasteiger partial charge in [-0.15, -0.1) is 0 Å². The Balaban J connectivity index is 1.70. The van der Waals surface area contributed by atoms with Crippen LogP contribution in [0.2, 0.25) is 0 Å². The molecular formula is C14H20N2. The Morgan fingerprint density at radius 2 is 2.00 bits per heavy atom. The average Bonchev–Trinajstić information content (AvgIpc) is 2.74. The number of benzene rings is 1. The maximum absolute atomic E-state index is 3.42. The quantitative estimate of drug-likeness (QED) is 0.814. The number of rotatable bonds is 2. The zero-order valence-corrected chi connectivity index (χ0v) is 9.95. The highest BCUT2D eigenvalue weighted by molar-refractivity contribution is 5.19. The Hall–Kier alpha value is -0.860. The van der Waals surface area contributed by atoms with Gasteiger partial charge in [0.25, 0.3) is 0 Å². The predicted octanol–water partition coefficient (Wildman–Crippen LogP) is 2.04. The van der Waals surface area contributed by atoms with E-state index in [0.717, 1.165) is 0 Å². The summed E-state index contributed by atoms with van der Waals surface area (Å²) in [6.45, 7) is 7.32. The molecular weight excluding hydrogens is 196 g/mol. The molecule has 86 valence electrons. The number of nitrogens with zero attached hydrogens (tertiary/aromatic N) is 1. The van der Waals surface area contributed by atoms with Crippen LogP contribution in [0.4, 0.5) is 0 Å². The van der Waals surface area contributed by atoms with Gasteiger partial charge < -0.3 is 5.32 Å². The van der Waals surface area contributed by atoms with Crippen LogP contribution < -0.4 is 5.32 Å². The molecule has 2 heteroatoms. The number of likely N-dealkylation sites (tertiary alicyclic amines) is 1. The van der Waals surface area contributed by atoms with E-state index in [1.807, 2.05) is 0 Å². The Kier molecular flexibility index (Phi) is 2.49. The van der Waals surface area contributed by atoms with Crippen molar-refractivity contribution in [3.8, 4) is 0 Å². The Morgan fingerprint density at radius 1 is 1.25 bits per heavy atom. The normalized spacial score (nSPS) is 25.6. The van der Waals surface area contributed by atoms with Gasteiger partial charge in [0.1, 0.15) is 0 Å². The standard InChI is InChI=1S/C14H20N2/c1-12(13-5-3-2-4-6-13)16-8-7-14(11-16)9-15-10-14/h2-6,12,15H,7-11H2,1H3. The molecule has 2 saturated heterocycles. The van der Waals surface area contributed by atoms with Gasteiger partial charge in [-0.3, -0.25) is 4.90 Å². The van der Waals surface area contributed by atoms with E-state index in [0.29, 0.717) is 11.5 Å². The van der Waals surface area contributed by atoms with Crippen molar-refractivity contribution in [2.45, 2.75) is 19.4 Å². The van der Waals surface area contributed by atoms with Gasteiger partial charge in [0.2, 0.25) is 0 Å². The molecule has 0 aromatic heterocycles. The first-order valence-electron chi connectivity index (χ1n) is 6.29. The smallest absolute Gasteiger partial charge is 0.0320 e. The van der Waals surface area contributed by atoms with Gasteiger partial charge in [-0.1, -0.05) is 30.3 Å². The number of hydrogen-bond acceptors (Lipinski definition) is 2. The van der Waals surface area contributed by atoms with E-state index in [9.17, 15) is 0 Å². The van der Waals surface area contributed by atoms with Crippen molar-refractivity contribution in [3.05, 3.63) is 35.9 Å². The maximum Gasteiger partial charge on any atom is 0.0320 e. The summed E-state index contributed by atoms with van der Waals surface area (Å²) in [4.78, 5) is 2.64. The summed E-state index contributed by atoms with van der Waals surface area (Å²) < 4.78 is 0. The van der Waals surface area contributed by atoms with Crippen molar-refractivity contribution in [1.29, 1.82) is 0 Å². The summed E-state index contributed by atoms with van der Waals surface area (Å²) in [5.74, 6) is 0. The third kappa shape index (κ3) is 1.66. The summed E-state index contributed by atoms with van der Waals surface area (Å²) in [6.07, 6.45) is 1.37. The molecule has 16 heavy (non-hydrogen) atoms. The topological polar surface area (TPSA) is 15.3 Å². The van der Waals surface area contributed by atoms with Gasteiger partial charge >= 0.3 is 0 Å². The largest absolute Gasteiger partial charge is 0.315 e. The monoisotopic (exact) mass is 216 g/mol. The van der Waals surface area contributed by atoms with E-state index < -0.39 is 0 Å². The lowest BCUT2D eigenvalue weighted by Gasteiger charge is -2.40. The van der Waals surface area contributed by atoms with Crippen molar-refractivity contribution in [1.82, 2.24) is 10.2 Å². The first-order valence-corrected chi connectivity index (χ1v) is 6.29. The van der Waals surface area contributed by atoms with E-state index in [2.05, 4.69) is 47.5 Å². The van der Waals surface area contributed by atoms with Crippen LogP contribution in [0.15, 0.2) is 30.3 Å². The van der Waals surface area contributed by atoms with Gasteiger partial charge in [-0.25, -0.2) is 0 Å². The van der Waals surface area contributed by atoms with Gasteiger partial charge in [0, 0.05) is 31.1 Å². The Labute approximate surface area is 97.6 Å². The van der Waals surface area contributed by atoms with Crippen LogP contribution in [0, 0.1) is 5.41 Å². The van der Waals surface area contributed by atoms with Gasteiger partial charge in [0.15, 0.2) is 0 Å². The fourth-order valence-corrected chi connectivity index (χ4v) is 3.01. The van der Waals surface area contributed by atoms with Crippen LogP contribution in [-0.2, 0) is 0 Å². The van der Waals surface area contributed by atoms with Gasteiger partial charge in [-0.05, 0) is 25.5 Å². The van der Waals surface area contributed by atoms with Gasteiger partial charge in [0.05, 0.1) is 0 Å². The van der Waals surface area contributed by atoms with E-state index >= 15 is 0 Å². The molecule has 0 aliphatic carbocycles. The Morgan fingerprint density at radius 3 is 2.56 bits per heavy atom. The van der Waals surface area contributed by atoms with Crippen LogP contribution >= 0.6 is 0 Å². The minimum absolute atomic E-state index is 0.571. The predicted molar refractivity (Wildman–Crippen MR) is 66.3 cm³/mol. The van der Waals surface area contributed by atoms with Crippen molar-refractivity contribution in [3.63, 3.8) is 0 Å². The zero-order valence-electron chi connectivity index (χ0n) is 9.95. The third-order valence-corrected chi connectivity index (χ3v) is 4.30. The minimum atomic E-state index is 0.571. The summed E-state index contributed by atoms with van der Waals surface area (Å²) in [5, 5.41) is 3.42. The molecule has 0 radical (unpaired) electrons. The molecule has 1 spiro atoms. The van der Waals surface area contributed by atoms with Crippen LogP contribution in [0.3, 0.4) is 0 Å². The average molecular weight is 216 g/mol. The molecule has 2 fully saturated rings. The van der Waals surface area contributed by atoms with E-state index in [-0.39, 0.29) is 0 Å². The molecule has 3 rings (SSSR count). The number of nitrogens with one attached hydrogen (secondary N) is 1. The second kappa shape index (κ2) is 3.86. The van der Waals surface area contributed by atoms with Crippen molar-refractivity contribution < 1.29 is 0 Å². The molecule has 2 nitrogen and oxygen atoms in total. The van der Waals surface area contributed by atoms with Crippen molar-refractivity contribution in [2.24, 2.45) is 5.41 Å². The van der Waals surface area contributed by atoms with Crippen LogP contribution in [0.25, 0.3) is 0 Å². The molecule has 1 atom stereocenters. The van der Waals surface area contributed by atoms with Crippen LogP contribution in [0.5, 0.6) is 0 Å². The third-order valence-electron chi connectivity index (χ3n) is 4.30. The highest BCUT2D eigenvalue weighted by Gasteiger charge is 2.43. The summed E-state index contributed by atoms with van der Waals surface area (Å²) in [5.41, 5.74) is 2.06. The molecule has 0 bridgehead atoms. The van der Waals surface area contributed by atoms with Crippen LogP contribution in [-0.4, -0.2) is 31.1 Å².